The SMILES string of the molecule is O=c1cc(-c2c(Cl)ccc(Cl)c2Cl)cc(Cl)[nH]1. The molecule has 0 unspecified atom stereocenters. The Kier molecular flexibility index (Phi) is 3.69. The highest BCUT2D eigenvalue weighted by atomic mass is 35.5. The van der Waals surface area contributed by atoms with Gasteiger partial charge in [0, 0.05) is 11.6 Å². The number of hydrogen-bond donors (Lipinski definition) is 1. The van der Waals surface area contributed by atoms with Crippen LogP contribution in [0.5, 0.6) is 0 Å². The van der Waals surface area contributed by atoms with Crippen LogP contribution >= 0.6 is 46.4 Å². The molecule has 0 bridgehead atoms. The first kappa shape index (κ1) is 12.8. The fourth-order valence-electron chi connectivity index (χ4n) is 1.45. The second-order valence-corrected chi connectivity index (χ2v) is 4.90. The van der Waals surface area contributed by atoms with E-state index in [2.05, 4.69) is 4.98 Å². The number of H-pyrrole nitrogens is 1. The third-order valence-corrected chi connectivity index (χ3v) is 3.47. The number of nitrogens with one attached hydrogen (secondary N) is 1. The lowest BCUT2D eigenvalue weighted by atomic mass is 10.1. The zero-order chi connectivity index (χ0) is 12.6. The summed E-state index contributed by atoms with van der Waals surface area (Å²) in [7, 11) is 0. The summed E-state index contributed by atoms with van der Waals surface area (Å²) in [4.78, 5) is 13.8. The largest absolute Gasteiger partial charge is 0.313 e. The highest BCUT2D eigenvalue weighted by Gasteiger charge is 2.12. The van der Waals surface area contributed by atoms with Crippen LogP contribution in [0.2, 0.25) is 20.2 Å². The Bertz CT molecular complexity index is 636. The highest BCUT2D eigenvalue weighted by Crippen LogP contribution is 2.38. The van der Waals surface area contributed by atoms with Crippen molar-refractivity contribution in [3.8, 4) is 11.1 Å². The molecule has 17 heavy (non-hydrogen) atoms. The van der Waals surface area contributed by atoms with E-state index in [-0.39, 0.29) is 10.7 Å². The topological polar surface area (TPSA) is 32.9 Å². The summed E-state index contributed by atoms with van der Waals surface area (Å²) in [6.45, 7) is 0. The molecule has 0 spiro atoms. The first-order valence-corrected chi connectivity index (χ1v) is 6.04. The Hall–Kier alpha value is -0.670. The van der Waals surface area contributed by atoms with E-state index < -0.39 is 0 Å². The van der Waals surface area contributed by atoms with Crippen LogP contribution in [0.3, 0.4) is 0 Å². The van der Waals surface area contributed by atoms with Crippen LogP contribution in [0.4, 0.5) is 0 Å². The van der Waals surface area contributed by atoms with E-state index >= 15 is 0 Å². The van der Waals surface area contributed by atoms with Crippen molar-refractivity contribution >= 4 is 46.4 Å². The number of benzene rings is 1. The molecule has 1 heterocycles. The quantitative estimate of drug-likeness (QED) is 0.603. The molecule has 2 nitrogen and oxygen atoms in total. The Labute approximate surface area is 117 Å². The van der Waals surface area contributed by atoms with Crippen molar-refractivity contribution in [2.45, 2.75) is 0 Å². The van der Waals surface area contributed by atoms with Gasteiger partial charge in [0.1, 0.15) is 5.15 Å². The summed E-state index contributed by atoms with van der Waals surface area (Å²) in [5.74, 6) is 0. The van der Waals surface area contributed by atoms with Crippen LogP contribution in [-0.2, 0) is 0 Å². The molecule has 1 aromatic carbocycles. The van der Waals surface area contributed by atoms with Crippen LogP contribution in [0.1, 0.15) is 0 Å². The van der Waals surface area contributed by atoms with Crippen molar-refractivity contribution in [1.29, 1.82) is 0 Å². The number of aromatic nitrogens is 1. The van der Waals surface area contributed by atoms with Gasteiger partial charge in [-0.3, -0.25) is 4.79 Å². The zero-order valence-electron chi connectivity index (χ0n) is 8.23. The van der Waals surface area contributed by atoms with E-state index in [1.165, 1.54) is 6.07 Å². The van der Waals surface area contributed by atoms with Gasteiger partial charge in [0.15, 0.2) is 0 Å². The molecule has 88 valence electrons. The van der Waals surface area contributed by atoms with Crippen LogP contribution in [0.15, 0.2) is 29.1 Å². The lowest BCUT2D eigenvalue weighted by Gasteiger charge is -2.08. The van der Waals surface area contributed by atoms with Crippen LogP contribution in [-0.4, -0.2) is 4.98 Å². The molecule has 6 heteroatoms. The first-order valence-electron chi connectivity index (χ1n) is 4.53. The van der Waals surface area contributed by atoms with Crippen LogP contribution in [0, 0.1) is 0 Å². The van der Waals surface area contributed by atoms with Gasteiger partial charge < -0.3 is 4.98 Å². The monoisotopic (exact) mass is 307 g/mol. The summed E-state index contributed by atoms with van der Waals surface area (Å²) in [6.07, 6.45) is 0. The van der Waals surface area contributed by atoms with Crippen LogP contribution < -0.4 is 5.56 Å². The van der Waals surface area contributed by atoms with E-state index in [0.717, 1.165) is 0 Å². The van der Waals surface area contributed by atoms with Gasteiger partial charge in [0.2, 0.25) is 5.56 Å². The van der Waals surface area contributed by atoms with Gasteiger partial charge in [-0.1, -0.05) is 46.4 Å². The minimum atomic E-state index is -0.334. The van der Waals surface area contributed by atoms with Crippen LogP contribution in [0.25, 0.3) is 11.1 Å². The van der Waals surface area contributed by atoms with E-state index in [1.807, 2.05) is 0 Å². The standard InChI is InChI=1S/C11H5Cl4NO/c12-6-1-2-7(13)11(15)10(6)5-3-8(14)16-9(17)4-5/h1-4H,(H,16,17). The molecule has 0 fully saturated rings. The minimum Gasteiger partial charge on any atom is -0.313 e. The molecule has 0 saturated carbocycles. The smallest absolute Gasteiger partial charge is 0.249 e. The van der Waals surface area contributed by atoms with E-state index in [0.29, 0.717) is 26.2 Å². The van der Waals surface area contributed by atoms with E-state index in [4.69, 9.17) is 46.4 Å². The van der Waals surface area contributed by atoms with Gasteiger partial charge in [0.05, 0.1) is 15.1 Å². The van der Waals surface area contributed by atoms with Crippen molar-refractivity contribution in [3.05, 3.63) is 54.8 Å². The van der Waals surface area contributed by atoms with E-state index in [1.54, 1.807) is 18.2 Å². The van der Waals surface area contributed by atoms with Gasteiger partial charge in [-0.25, -0.2) is 0 Å². The molecule has 2 aromatic rings. The summed E-state index contributed by atoms with van der Waals surface area (Å²) < 4.78 is 0. The molecule has 1 N–H and O–H groups in total. The predicted molar refractivity (Wildman–Crippen MR) is 72.5 cm³/mol. The summed E-state index contributed by atoms with van der Waals surface area (Å²) >= 11 is 23.8. The van der Waals surface area contributed by atoms with Crippen molar-refractivity contribution in [2.75, 3.05) is 0 Å². The zero-order valence-corrected chi connectivity index (χ0v) is 11.3. The Morgan fingerprint density at radius 2 is 1.59 bits per heavy atom. The second-order valence-electron chi connectivity index (χ2n) is 3.30. The number of aromatic amines is 1. The molecule has 0 radical (unpaired) electrons. The fourth-order valence-corrected chi connectivity index (χ4v) is 2.40. The molecule has 0 saturated heterocycles. The van der Waals surface area contributed by atoms with Crippen molar-refractivity contribution in [3.63, 3.8) is 0 Å². The minimum absolute atomic E-state index is 0.208. The van der Waals surface area contributed by atoms with Gasteiger partial charge in [-0.15, -0.1) is 0 Å². The molecule has 0 aliphatic carbocycles. The van der Waals surface area contributed by atoms with Gasteiger partial charge >= 0.3 is 0 Å². The molecule has 0 amide bonds. The molecule has 0 atom stereocenters. The highest BCUT2D eigenvalue weighted by molar-refractivity contribution is 6.46. The van der Waals surface area contributed by atoms with Crippen molar-refractivity contribution in [2.24, 2.45) is 0 Å². The predicted octanol–water partition coefficient (Wildman–Crippen LogP) is 4.66. The van der Waals surface area contributed by atoms with Gasteiger partial charge in [-0.2, -0.15) is 0 Å². The number of pyridine rings is 1. The Morgan fingerprint density at radius 1 is 0.941 bits per heavy atom. The maximum Gasteiger partial charge on any atom is 0.249 e. The molecule has 2 rings (SSSR count). The molecule has 1 aromatic heterocycles. The average molecular weight is 309 g/mol. The first-order chi connectivity index (χ1) is 7.99. The average Bonchev–Trinajstić information content (AvgIpc) is 2.23. The lowest BCUT2D eigenvalue weighted by molar-refractivity contribution is 1.24. The van der Waals surface area contributed by atoms with Crippen molar-refractivity contribution < 1.29 is 0 Å². The normalized spacial score (nSPS) is 10.6. The van der Waals surface area contributed by atoms with Gasteiger partial charge in [0.25, 0.3) is 0 Å². The van der Waals surface area contributed by atoms with Crippen molar-refractivity contribution in [1.82, 2.24) is 4.98 Å². The number of halogens is 4. The summed E-state index contributed by atoms with van der Waals surface area (Å²) in [6, 6.07) is 6.12. The second kappa shape index (κ2) is 4.91. The third-order valence-electron chi connectivity index (χ3n) is 2.14. The molecular weight excluding hydrogens is 304 g/mol. The Morgan fingerprint density at radius 3 is 2.24 bits per heavy atom. The number of hydrogen-bond acceptors (Lipinski definition) is 1. The maximum absolute atomic E-state index is 11.3. The molecule has 0 aliphatic rings. The third kappa shape index (κ3) is 2.61. The maximum atomic E-state index is 11.3. The molecule has 0 aliphatic heterocycles. The molecular formula is C11H5Cl4NO. The fraction of sp³-hybridized carbons (Fsp3) is 0. The summed E-state index contributed by atoms with van der Waals surface area (Å²) in [5, 5.41) is 1.27. The summed E-state index contributed by atoms with van der Waals surface area (Å²) in [5.41, 5.74) is 0.685. The lowest BCUT2D eigenvalue weighted by Crippen LogP contribution is -2.04. The van der Waals surface area contributed by atoms with Gasteiger partial charge in [-0.05, 0) is 23.8 Å². The number of rotatable bonds is 1. The Balaban J connectivity index is 2.76. The van der Waals surface area contributed by atoms with E-state index in [9.17, 15) is 4.79 Å².